The van der Waals surface area contributed by atoms with Gasteiger partial charge in [-0.25, -0.2) is 4.98 Å². The van der Waals surface area contributed by atoms with Gasteiger partial charge in [0, 0.05) is 13.3 Å². The molecule has 2 aliphatic heterocycles. The van der Waals surface area contributed by atoms with Crippen LogP contribution in [0.15, 0.2) is 4.79 Å². The van der Waals surface area contributed by atoms with Gasteiger partial charge in [-0.15, -0.1) is 0 Å². The quantitative estimate of drug-likeness (QED) is 0.627. The zero-order valence-electron chi connectivity index (χ0n) is 12.8. The van der Waals surface area contributed by atoms with Gasteiger partial charge in [0.1, 0.15) is 11.6 Å². The fraction of sp³-hybridized carbons (Fsp3) is 0.571. The average molecular weight is 322 g/mol. The second-order valence-corrected chi connectivity index (χ2v) is 5.77. The molecule has 1 fully saturated rings. The van der Waals surface area contributed by atoms with Crippen LogP contribution < -0.4 is 15.8 Å². The Kier molecular flexibility index (Phi) is 3.90. The van der Waals surface area contributed by atoms with Gasteiger partial charge in [-0.1, -0.05) is 0 Å². The Hall–Kier alpha value is -2.26. The van der Waals surface area contributed by atoms with Crippen LogP contribution in [-0.4, -0.2) is 51.9 Å². The highest BCUT2D eigenvalue weighted by Gasteiger charge is 2.46. The van der Waals surface area contributed by atoms with Crippen LogP contribution in [0, 0.1) is 6.92 Å². The maximum Gasteiger partial charge on any atom is 0.256 e. The van der Waals surface area contributed by atoms with Crippen molar-refractivity contribution >= 4 is 17.6 Å². The zero-order chi connectivity index (χ0) is 16.7. The summed E-state index contributed by atoms with van der Waals surface area (Å²) in [6, 6.07) is -0.471. The summed E-state index contributed by atoms with van der Waals surface area (Å²) in [5.74, 6) is 0.0723. The van der Waals surface area contributed by atoms with Gasteiger partial charge < -0.3 is 20.1 Å². The summed E-state index contributed by atoms with van der Waals surface area (Å²) in [6.45, 7) is 2.78. The number of aliphatic hydroxyl groups is 1. The van der Waals surface area contributed by atoms with E-state index in [9.17, 15) is 19.5 Å². The third-order valence-electron chi connectivity index (χ3n) is 3.98. The van der Waals surface area contributed by atoms with E-state index in [1.807, 2.05) is 0 Å². The van der Waals surface area contributed by atoms with Crippen LogP contribution in [0.2, 0.25) is 0 Å². The molecule has 0 aromatic carbocycles. The standard InChI is InChI=1S/C14H18N4O5/c1-6-15-12-9(13(22)16-6)4-11(21)18(12)14-10(17-7(2)20)3-8(5-19)23-14/h8,10,14,19H,3-5H2,1-2H3,(H,17,20)(H,15,16,22). The van der Waals surface area contributed by atoms with Crippen LogP contribution >= 0.6 is 0 Å². The lowest BCUT2D eigenvalue weighted by atomic mass is 10.1. The highest BCUT2D eigenvalue weighted by molar-refractivity contribution is 6.00. The molecule has 9 nitrogen and oxygen atoms in total. The Morgan fingerprint density at radius 2 is 2.26 bits per heavy atom. The number of aromatic amines is 1. The number of fused-ring (bicyclic) bond motifs is 1. The Bertz CT molecular complexity index is 716. The van der Waals surface area contributed by atoms with Crippen molar-refractivity contribution in [3.63, 3.8) is 0 Å². The minimum atomic E-state index is -0.793. The average Bonchev–Trinajstić information content (AvgIpc) is 2.99. The van der Waals surface area contributed by atoms with Crippen molar-refractivity contribution in [2.24, 2.45) is 0 Å². The molecule has 3 unspecified atom stereocenters. The molecule has 3 rings (SSSR count). The number of H-pyrrole nitrogens is 1. The first-order valence-electron chi connectivity index (χ1n) is 7.36. The molecule has 3 atom stereocenters. The van der Waals surface area contributed by atoms with E-state index >= 15 is 0 Å². The van der Waals surface area contributed by atoms with E-state index in [0.717, 1.165) is 0 Å². The van der Waals surface area contributed by atoms with Crippen molar-refractivity contribution in [2.75, 3.05) is 11.5 Å². The summed E-state index contributed by atoms with van der Waals surface area (Å²) < 4.78 is 5.70. The van der Waals surface area contributed by atoms with Crippen molar-refractivity contribution in [3.05, 3.63) is 21.7 Å². The molecule has 2 aliphatic rings. The van der Waals surface area contributed by atoms with Gasteiger partial charge in [0.2, 0.25) is 11.8 Å². The monoisotopic (exact) mass is 322 g/mol. The van der Waals surface area contributed by atoms with Crippen molar-refractivity contribution < 1.29 is 19.4 Å². The van der Waals surface area contributed by atoms with E-state index in [2.05, 4.69) is 15.3 Å². The van der Waals surface area contributed by atoms with Crippen LogP contribution in [0.1, 0.15) is 24.7 Å². The van der Waals surface area contributed by atoms with Gasteiger partial charge >= 0.3 is 0 Å². The minimum absolute atomic E-state index is 0.0611. The second kappa shape index (κ2) is 5.74. The number of carbonyl (C=O) groups excluding carboxylic acids is 2. The summed E-state index contributed by atoms with van der Waals surface area (Å²) in [7, 11) is 0. The van der Waals surface area contributed by atoms with E-state index in [1.54, 1.807) is 6.92 Å². The van der Waals surface area contributed by atoms with Crippen LogP contribution in [0.5, 0.6) is 0 Å². The summed E-state index contributed by atoms with van der Waals surface area (Å²) in [5, 5.41) is 12.0. The molecular formula is C14H18N4O5. The lowest BCUT2D eigenvalue weighted by molar-refractivity contribution is -0.123. The first kappa shape index (κ1) is 15.6. The fourth-order valence-electron chi connectivity index (χ4n) is 3.07. The number of ether oxygens (including phenoxy) is 1. The molecule has 0 aliphatic carbocycles. The highest BCUT2D eigenvalue weighted by Crippen LogP contribution is 2.32. The van der Waals surface area contributed by atoms with E-state index in [1.165, 1.54) is 11.8 Å². The Morgan fingerprint density at radius 1 is 1.52 bits per heavy atom. The van der Waals surface area contributed by atoms with Gasteiger partial charge in [-0.2, -0.15) is 0 Å². The van der Waals surface area contributed by atoms with Crippen LogP contribution in [0.25, 0.3) is 0 Å². The molecule has 9 heteroatoms. The van der Waals surface area contributed by atoms with Gasteiger partial charge in [0.05, 0.1) is 30.7 Å². The van der Waals surface area contributed by atoms with Crippen LogP contribution in [0.3, 0.4) is 0 Å². The number of rotatable bonds is 3. The van der Waals surface area contributed by atoms with Gasteiger partial charge in [-0.3, -0.25) is 19.3 Å². The largest absolute Gasteiger partial charge is 0.394 e. The molecule has 1 aromatic heterocycles. The van der Waals surface area contributed by atoms with Crippen molar-refractivity contribution in [2.45, 2.75) is 45.1 Å². The van der Waals surface area contributed by atoms with E-state index < -0.39 is 18.4 Å². The number of hydrogen-bond donors (Lipinski definition) is 3. The lowest BCUT2D eigenvalue weighted by Crippen LogP contribution is -2.50. The summed E-state index contributed by atoms with van der Waals surface area (Å²) >= 11 is 0. The molecular weight excluding hydrogens is 304 g/mol. The predicted molar refractivity (Wildman–Crippen MR) is 78.8 cm³/mol. The summed E-state index contributed by atoms with van der Waals surface area (Å²) in [5.41, 5.74) is -0.0608. The fourth-order valence-corrected chi connectivity index (χ4v) is 3.07. The molecule has 0 saturated carbocycles. The van der Waals surface area contributed by atoms with E-state index in [0.29, 0.717) is 17.8 Å². The number of hydrogen-bond acceptors (Lipinski definition) is 6. The van der Waals surface area contributed by atoms with E-state index in [-0.39, 0.29) is 36.2 Å². The topological polar surface area (TPSA) is 125 Å². The second-order valence-electron chi connectivity index (χ2n) is 5.77. The predicted octanol–water partition coefficient (Wildman–Crippen LogP) is -1.42. The lowest BCUT2D eigenvalue weighted by Gasteiger charge is -2.28. The molecule has 1 saturated heterocycles. The Morgan fingerprint density at radius 3 is 2.91 bits per heavy atom. The maximum absolute atomic E-state index is 12.4. The smallest absolute Gasteiger partial charge is 0.256 e. The van der Waals surface area contributed by atoms with Gasteiger partial charge in [0.25, 0.3) is 5.56 Å². The minimum Gasteiger partial charge on any atom is -0.394 e. The first-order chi connectivity index (χ1) is 10.9. The number of aliphatic hydroxyl groups excluding tert-OH is 1. The summed E-state index contributed by atoms with van der Waals surface area (Å²) in [6.07, 6.45) is -0.966. The Balaban J connectivity index is 1.99. The molecule has 0 bridgehead atoms. The van der Waals surface area contributed by atoms with Gasteiger partial charge in [-0.05, 0) is 6.92 Å². The highest BCUT2D eigenvalue weighted by atomic mass is 16.5. The molecule has 3 N–H and O–H groups in total. The van der Waals surface area contributed by atoms with Gasteiger partial charge in [0.15, 0.2) is 6.23 Å². The molecule has 0 spiro atoms. The molecule has 0 radical (unpaired) electrons. The molecule has 2 amide bonds. The molecule has 124 valence electrons. The summed E-state index contributed by atoms with van der Waals surface area (Å²) in [4.78, 5) is 43.9. The third-order valence-corrected chi connectivity index (χ3v) is 3.98. The number of amides is 2. The molecule has 3 heterocycles. The number of carbonyl (C=O) groups is 2. The zero-order valence-corrected chi connectivity index (χ0v) is 12.8. The van der Waals surface area contributed by atoms with E-state index in [4.69, 9.17) is 4.74 Å². The number of aryl methyl sites for hydroxylation is 1. The number of nitrogens with one attached hydrogen (secondary N) is 2. The molecule has 23 heavy (non-hydrogen) atoms. The maximum atomic E-state index is 12.4. The number of anilines is 1. The number of nitrogens with zero attached hydrogens (tertiary/aromatic N) is 2. The van der Waals surface area contributed by atoms with Crippen molar-refractivity contribution in [1.82, 2.24) is 15.3 Å². The Labute approximate surface area is 131 Å². The van der Waals surface area contributed by atoms with Crippen molar-refractivity contribution in [1.29, 1.82) is 0 Å². The first-order valence-corrected chi connectivity index (χ1v) is 7.36. The molecule has 1 aromatic rings. The normalized spacial score (nSPS) is 26.5. The van der Waals surface area contributed by atoms with Crippen LogP contribution in [0.4, 0.5) is 5.82 Å². The van der Waals surface area contributed by atoms with Crippen molar-refractivity contribution in [3.8, 4) is 0 Å². The number of aromatic nitrogens is 2. The third kappa shape index (κ3) is 2.73. The SMILES string of the molecule is CC(=O)NC1CC(CO)OC1N1C(=O)Cc2c1nc(C)[nH]c2=O. The van der Waals surface area contributed by atoms with Crippen LogP contribution in [-0.2, 0) is 20.7 Å².